The lowest BCUT2D eigenvalue weighted by Gasteiger charge is -2.02. The van der Waals surface area contributed by atoms with Crippen LogP contribution in [0.4, 0.5) is 0 Å². The second-order valence-corrected chi connectivity index (χ2v) is 6.61. The first-order valence-corrected chi connectivity index (χ1v) is 7.98. The molecule has 0 spiro atoms. The molecule has 4 rings (SSSR count). The second kappa shape index (κ2) is 5.09. The van der Waals surface area contributed by atoms with E-state index in [1.54, 1.807) is 18.2 Å². The fourth-order valence-electron chi connectivity index (χ4n) is 2.29. The van der Waals surface area contributed by atoms with Crippen molar-refractivity contribution in [1.82, 2.24) is 4.98 Å². The Morgan fingerprint density at radius 2 is 1.91 bits per heavy atom. The van der Waals surface area contributed by atoms with Crippen molar-refractivity contribution in [1.29, 1.82) is 0 Å². The molecule has 22 heavy (non-hydrogen) atoms. The van der Waals surface area contributed by atoms with Gasteiger partial charge in [0.05, 0.1) is 20.8 Å². The molecule has 0 saturated carbocycles. The molecule has 0 radical (unpaired) electrons. The molecular formula is C16H7Cl2NO2S. The van der Waals surface area contributed by atoms with Gasteiger partial charge in [0.15, 0.2) is 5.58 Å². The average molecular weight is 348 g/mol. The lowest BCUT2D eigenvalue weighted by Crippen LogP contribution is -2.02. The predicted octanol–water partition coefficient (Wildman–Crippen LogP) is 5.38. The van der Waals surface area contributed by atoms with Crippen LogP contribution in [0, 0.1) is 0 Å². The number of rotatable bonds is 1. The molecule has 108 valence electrons. The van der Waals surface area contributed by atoms with E-state index in [4.69, 9.17) is 27.6 Å². The number of para-hydroxylation sites is 1. The van der Waals surface area contributed by atoms with Gasteiger partial charge in [0.1, 0.15) is 5.01 Å². The summed E-state index contributed by atoms with van der Waals surface area (Å²) in [5, 5.41) is 2.09. The molecule has 3 nitrogen and oxygen atoms in total. The molecule has 0 aliphatic carbocycles. The summed E-state index contributed by atoms with van der Waals surface area (Å²) >= 11 is 13.5. The second-order valence-electron chi connectivity index (χ2n) is 4.74. The lowest BCUT2D eigenvalue weighted by atomic mass is 10.2. The first kappa shape index (κ1) is 13.8. The number of benzene rings is 2. The Morgan fingerprint density at radius 3 is 2.73 bits per heavy atom. The number of hydrogen-bond acceptors (Lipinski definition) is 4. The maximum absolute atomic E-state index is 12.3. The summed E-state index contributed by atoms with van der Waals surface area (Å²) in [6, 6.07) is 12.7. The van der Waals surface area contributed by atoms with Gasteiger partial charge in [-0.1, -0.05) is 35.3 Å². The van der Waals surface area contributed by atoms with Crippen molar-refractivity contribution in [2.24, 2.45) is 0 Å². The first-order chi connectivity index (χ1) is 10.6. The number of thiazole rings is 1. The molecule has 0 saturated heterocycles. The van der Waals surface area contributed by atoms with Crippen molar-refractivity contribution in [3.63, 3.8) is 0 Å². The number of aromatic nitrogens is 1. The summed E-state index contributed by atoms with van der Waals surface area (Å²) < 4.78 is 6.36. The summed E-state index contributed by atoms with van der Waals surface area (Å²) in [6.45, 7) is 0. The molecule has 2 aromatic carbocycles. The van der Waals surface area contributed by atoms with Crippen molar-refractivity contribution < 1.29 is 4.42 Å². The van der Waals surface area contributed by atoms with Gasteiger partial charge in [0.2, 0.25) is 0 Å². The monoisotopic (exact) mass is 347 g/mol. The molecule has 0 aliphatic heterocycles. The Labute approximate surface area is 138 Å². The predicted molar refractivity (Wildman–Crippen MR) is 91.1 cm³/mol. The molecule has 0 amide bonds. The van der Waals surface area contributed by atoms with Crippen LogP contribution in [-0.2, 0) is 0 Å². The van der Waals surface area contributed by atoms with Gasteiger partial charge in [-0.05, 0) is 30.3 Å². The van der Waals surface area contributed by atoms with Gasteiger partial charge in [-0.2, -0.15) is 0 Å². The van der Waals surface area contributed by atoms with Crippen LogP contribution < -0.4 is 5.63 Å². The van der Waals surface area contributed by atoms with E-state index in [1.807, 2.05) is 24.3 Å². The topological polar surface area (TPSA) is 43.1 Å². The number of fused-ring (bicyclic) bond motifs is 2. The minimum atomic E-state index is -0.462. The van der Waals surface area contributed by atoms with E-state index in [0.717, 1.165) is 10.2 Å². The van der Waals surface area contributed by atoms with Gasteiger partial charge in [-0.25, -0.2) is 9.78 Å². The molecule has 0 aliphatic rings. The van der Waals surface area contributed by atoms with Crippen molar-refractivity contribution in [2.75, 3.05) is 0 Å². The van der Waals surface area contributed by atoms with Gasteiger partial charge in [0, 0.05) is 10.4 Å². The molecule has 0 N–H and O–H groups in total. The van der Waals surface area contributed by atoms with Crippen molar-refractivity contribution in [2.45, 2.75) is 0 Å². The highest BCUT2D eigenvalue weighted by Crippen LogP contribution is 2.32. The Bertz CT molecular complexity index is 1050. The summed E-state index contributed by atoms with van der Waals surface area (Å²) in [5.41, 5.74) is 1.13. The molecule has 6 heteroatoms. The zero-order valence-electron chi connectivity index (χ0n) is 11.0. The van der Waals surface area contributed by atoms with Gasteiger partial charge in [-0.15, -0.1) is 11.3 Å². The van der Waals surface area contributed by atoms with E-state index in [0.29, 0.717) is 31.6 Å². The Hall–Kier alpha value is -1.88. The van der Waals surface area contributed by atoms with E-state index in [-0.39, 0.29) is 0 Å². The quantitative estimate of drug-likeness (QED) is 0.434. The number of nitrogens with zero attached hydrogens (tertiary/aromatic N) is 1. The van der Waals surface area contributed by atoms with E-state index in [1.165, 1.54) is 11.3 Å². The van der Waals surface area contributed by atoms with Gasteiger partial charge in [-0.3, -0.25) is 0 Å². The molecule has 0 bridgehead atoms. The molecule has 0 atom stereocenters. The molecular weight excluding hydrogens is 341 g/mol. The van der Waals surface area contributed by atoms with Crippen LogP contribution in [0.1, 0.15) is 0 Å². The van der Waals surface area contributed by atoms with Crippen LogP contribution in [0.2, 0.25) is 10.0 Å². The fraction of sp³-hybridized carbons (Fsp3) is 0. The van der Waals surface area contributed by atoms with Crippen LogP contribution >= 0.6 is 34.5 Å². The minimum Gasteiger partial charge on any atom is -0.421 e. The SMILES string of the molecule is O=c1oc2c(Cl)cc(Cl)cc2cc1-c1nc2ccccc2s1. The van der Waals surface area contributed by atoms with Gasteiger partial charge < -0.3 is 4.42 Å². The fourth-order valence-corrected chi connectivity index (χ4v) is 3.81. The molecule has 0 unspecified atom stereocenters. The number of hydrogen-bond donors (Lipinski definition) is 0. The number of halogens is 2. The largest absolute Gasteiger partial charge is 0.421 e. The van der Waals surface area contributed by atoms with Crippen molar-refractivity contribution in [3.05, 3.63) is 62.9 Å². The summed E-state index contributed by atoms with van der Waals surface area (Å²) in [6.07, 6.45) is 0. The van der Waals surface area contributed by atoms with E-state index >= 15 is 0 Å². The third-order valence-corrected chi connectivity index (χ3v) is 4.84. The Morgan fingerprint density at radius 1 is 1.09 bits per heavy atom. The van der Waals surface area contributed by atoms with E-state index in [2.05, 4.69) is 4.98 Å². The normalized spacial score (nSPS) is 11.4. The van der Waals surface area contributed by atoms with Gasteiger partial charge >= 0.3 is 5.63 Å². The van der Waals surface area contributed by atoms with Crippen LogP contribution in [-0.4, -0.2) is 4.98 Å². The molecule has 0 fully saturated rings. The Kier molecular flexibility index (Phi) is 3.18. The zero-order chi connectivity index (χ0) is 15.3. The van der Waals surface area contributed by atoms with E-state index < -0.39 is 5.63 Å². The van der Waals surface area contributed by atoms with Crippen LogP contribution in [0.3, 0.4) is 0 Å². The highest BCUT2D eigenvalue weighted by atomic mass is 35.5. The third kappa shape index (κ3) is 2.20. The summed E-state index contributed by atoms with van der Waals surface area (Å²) in [7, 11) is 0. The Balaban J connectivity index is 2.02. The third-order valence-electron chi connectivity index (χ3n) is 3.28. The van der Waals surface area contributed by atoms with Crippen molar-refractivity contribution >= 4 is 55.7 Å². The molecule has 4 aromatic rings. The maximum atomic E-state index is 12.3. The highest BCUT2D eigenvalue weighted by Gasteiger charge is 2.14. The summed E-state index contributed by atoms with van der Waals surface area (Å²) in [5.74, 6) is 0. The standard InChI is InChI=1S/C16H7Cl2NO2S/c17-9-5-8-6-10(16(20)21-14(8)11(18)7-9)15-19-12-3-1-2-4-13(12)22-15/h1-7H. The lowest BCUT2D eigenvalue weighted by molar-refractivity contribution is 0.563. The molecule has 2 heterocycles. The van der Waals surface area contributed by atoms with Crippen LogP contribution in [0.5, 0.6) is 0 Å². The highest BCUT2D eigenvalue weighted by molar-refractivity contribution is 7.21. The van der Waals surface area contributed by atoms with Crippen molar-refractivity contribution in [3.8, 4) is 10.6 Å². The minimum absolute atomic E-state index is 0.315. The maximum Gasteiger partial charge on any atom is 0.346 e. The van der Waals surface area contributed by atoms with Crippen LogP contribution in [0.15, 0.2) is 51.7 Å². The zero-order valence-corrected chi connectivity index (χ0v) is 13.3. The average Bonchev–Trinajstić information content (AvgIpc) is 2.91. The van der Waals surface area contributed by atoms with Gasteiger partial charge in [0.25, 0.3) is 0 Å². The first-order valence-electron chi connectivity index (χ1n) is 6.41. The summed E-state index contributed by atoms with van der Waals surface area (Å²) in [4.78, 5) is 16.7. The molecule has 2 aromatic heterocycles. The van der Waals surface area contributed by atoms with E-state index in [9.17, 15) is 4.79 Å². The smallest absolute Gasteiger partial charge is 0.346 e. The van der Waals surface area contributed by atoms with Crippen LogP contribution in [0.25, 0.3) is 31.8 Å².